The van der Waals surface area contributed by atoms with Gasteiger partial charge in [0.1, 0.15) is 6.26 Å². The molecule has 1 aliphatic heterocycles. The van der Waals surface area contributed by atoms with Crippen LogP contribution in [0.5, 0.6) is 0 Å². The second kappa shape index (κ2) is 12.3. The summed E-state index contributed by atoms with van der Waals surface area (Å²) in [5.74, 6) is 1.41. The third-order valence-corrected chi connectivity index (χ3v) is 4.85. The molecule has 166 valence electrons. The largest absolute Gasteiger partial charge is 0.447 e. The molecule has 1 aromatic rings. The van der Waals surface area contributed by atoms with Gasteiger partial charge in [-0.15, -0.1) is 0 Å². The molecular weight excluding hydrogens is 372 g/mol. The van der Waals surface area contributed by atoms with Gasteiger partial charge in [0.15, 0.2) is 5.69 Å². The number of nitrogens with one attached hydrogen (secondary N) is 1. The molecule has 29 heavy (non-hydrogen) atoms. The van der Waals surface area contributed by atoms with Crippen LogP contribution in [0.15, 0.2) is 10.7 Å². The Morgan fingerprint density at radius 2 is 1.86 bits per heavy atom. The van der Waals surface area contributed by atoms with Gasteiger partial charge in [0.25, 0.3) is 5.91 Å². The van der Waals surface area contributed by atoms with E-state index in [0.717, 1.165) is 32.6 Å². The normalized spacial score (nSPS) is 17.2. The minimum absolute atomic E-state index is 0.181. The topological polar surface area (TPSA) is 91.1 Å². The smallest absolute Gasteiger partial charge is 0.273 e. The number of aromatic nitrogens is 1. The number of rotatable bonds is 12. The van der Waals surface area contributed by atoms with Crippen LogP contribution in [0.25, 0.3) is 0 Å². The van der Waals surface area contributed by atoms with Gasteiger partial charge in [-0.05, 0) is 18.3 Å². The van der Waals surface area contributed by atoms with E-state index in [4.69, 9.17) is 9.15 Å². The second-order valence-electron chi connectivity index (χ2n) is 8.73. The molecule has 1 unspecified atom stereocenters. The number of nitrogens with zero attached hydrogens (tertiary/aromatic N) is 3. The van der Waals surface area contributed by atoms with Crippen molar-refractivity contribution in [2.45, 2.75) is 46.8 Å². The molecule has 1 atom stereocenters. The fraction of sp³-hybridized carbons (Fsp3) is 0.810. The first-order valence-corrected chi connectivity index (χ1v) is 10.8. The SMILES string of the molecule is CC(C)CCNC(=O)c1coc(CN2CCN(CC(O)COCC(C)C)CC2)n1. The van der Waals surface area contributed by atoms with Crippen molar-refractivity contribution in [1.29, 1.82) is 0 Å². The number of hydrogen-bond acceptors (Lipinski definition) is 7. The molecule has 1 saturated heterocycles. The quantitative estimate of drug-likeness (QED) is 0.541. The minimum atomic E-state index is -0.455. The summed E-state index contributed by atoms with van der Waals surface area (Å²) in [6.45, 7) is 14.9. The highest BCUT2D eigenvalue weighted by Gasteiger charge is 2.21. The Balaban J connectivity index is 1.66. The highest BCUT2D eigenvalue weighted by atomic mass is 16.5. The molecule has 0 saturated carbocycles. The van der Waals surface area contributed by atoms with Crippen molar-refractivity contribution in [1.82, 2.24) is 20.1 Å². The van der Waals surface area contributed by atoms with Crippen molar-refractivity contribution in [2.24, 2.45) is 11.8 Å². The van der Waals surface area contributed by atoms with Crippen molar-refractivity contribution < 1.29 is 19.1 Å². The van der Waals surface area contributed by atoms with E-state index >= 15 is 0 Å². The summed E-state index contributed by atoms with van der Waals surface area (Å²) in [6.07, 6.45) is 1.92. The van der Waals surface area contributed by atoms with Crippen molar-refractivity contribution in [2.75, 3.05) is 52.5 Å². The van der Waals surface area contributed by atoms with Crippen molar-refractivity contribution in [3.63, 3.8) is 0 Å². The lowest BCUT2D eigenvalue weighted by atomic mass is 10.1. The maximum Gasteiger partial charge on any atom is 0.273 e. The monoisotopic (exact) mass is 410 g/mol. The summed E-state index contributed by atoms with van der Waals surface area (Å²) >= 11 is 0. The summed E-state index contributed by atoms with van der Waals surface area (Å²) in [5, 5.41) is 13.0. The Labute approximate surface area is 174 Å². The maximum absolute atomic E-state index is 12.1. The summed E-state index contributed by atoms with van der Waals surface area (Å²) < 4.78 is 11.0. The average Bonchev–Trinajstić information content (AvgIpc) is 3.11. The van der Waals surface area contributed by atoms with Crippen LogP contribution >= 0.6 is 0 Å². The number of ether oxygens (including phenoxy) is 1. The van der Waals surface area contributed by atoms with Crippen LogP contribution in [-0.2, 0) is 11.3 Å². The first-order valence-electron chi connectivity index (χ1n) is 10.8. The molecular formula is C21H38N4O4. The lowest BCUT2D eigenvalue weighted by Gasteiger charge is -2.34. The predicted octanol–water partition coefficient (Wildman–Crippen LogP) is 1.60. The first-order chi connectivity index (χ1) is 13.8. The molecule has 2 heterocycles. The van der Waals surface area contributed by atoms with Crippen LogP contribution < -0.4 is 5.32 Å². The maximum atomic E-state index is 12.1. The molecule has 1 amide bonds. The zero-order valence-corrected chi connectivity index (χ0v) is 18.4. The van der Waals surface area contributed by atoms with E-state index in [1.165, 1.54) is 6.26 Å². The van der Waals surface area contributed by atoms with Crippen LogP contribution in [-0.4, -0.2) is 84.4 Å². The van der Waals surface area contributed by atoms with E-state index < -0.39 is 6.10 Å². The van der Waals surface area contributed by atoms with Crippen LogP contribution in [0.1, 0.15) is 50.5 Å². The summed E-state index contributed by atoms with van der Waals surface area (Å²) in [7, 11) is 0. The van der Waals surface area contributed by atoms with E-state index in [9.17, 15) is 9.90 Å². The van der Waals surface area contributed by atoms with Gasteiger partial charge in [-0.2, -0.15) is 0 Å². The standard InChI is InChI=1S/C21H38N4O4/c1-16(2)5-6-22-21(27)19-15-29-20(23-19)12-25-9-7-24(8-10-25)11-18(26)14-28-13-17(3)4/h15-18,26H,5-14H2,1-4H3,(H,22,27). The van der Waals surface area contributed by atoms with Crippen LogP contribution in [0.3, 0.4) is 0 Å². The molecule has 2 rings (SSSR count). The van der Waals surface area contributed by atoms with Gasteiger partial charge in [-0.25, -0.2) is 4.98 Å². The molecule has 0 aliphatic carbocycles. The fourth-order valence-electron chi connectivity index (χ4n) is 3.16. The summed E-state index contributed by atoms with van der Waals surface area (Å²) in [6, 6.07) is 0. The second-order valence-corrected chi connectivity index (χ2v) is 8.73. The van der Waals surface area contributed by atoms with E-state index in [2.05, 4.69) is 47.8 Å². The third kappa shape index (κ3) is 9.25. The predicted molar refractivity (Wildman–Crippen MR) is 112 cm³/mol. The Morgan fingerprint density at radius 3 is 2.52 bits per heavy atom. The van der Waals surface area contributed by atoms with Crippen LogP contribution in [0, 0.1) is 11.8 Å². The minimum Gasteiger partial charge on any atom is -0.447 e. The third-order valence-electron chi connectivity index (χ3n) is 4.85. The molecule has 2 N–H and O–H groups in total. The number of carbonyl (C=O) groups excluding carboxylic acids is 1. The molecule has 0 spiro atoms. The Hall–Kier alpha value is -1.48. The number of amides is 1. The Bertz CT molecular complexity index is 597. The summed E-state index contributed by atoms with van der Waals surface area (Å²) in [5.41, 5.74) is 0.340. The van der Waals surface area contributed by atoms with E-state index in [1.807, 2.05) is 0 Å². The van der Waals surface area contributed by atoms with E-state index in [0.29, 0.717) is 56.3 Å². The lowest BCUT2D eigenvalue weighted by molar-refractivity contribution is -0.000850. The molecule has 8 heteroatoms. The molecule has 0 aromatic carbocycles. The molecule has 0 radical (unpaired) electrons. The molecule has 1 fully saturated rings. The van der Waals surface area contributed by atoms with Gasteiger partial charge < -0.3 is 19.6 Å². The van der Waals surface area contributed by atoms with Crippen LogP contribution in [0.2, 0.25) is 0 Å². The van der Waals surface area contributed by atoms with Crippen molar-refractivity contribution >= 4 is 5.91 Å². The number of hydrogen-bond donors (Lipinski definition) is 2. The molecule has 1 aromatic heterocycles. The fourth-order valence-corrected chi connectivity index (χ4v) is 3.16. The van der Waals surface area contributed by atoms with E-state index in [1.54, 1.807) is 0 Å². The van der Waals surface area contributed by atoms with Crippen molar-refractivity contribution in [3.05, 3.63) is 17.8 Å². The van der Waals surface area contributed by atoms with Gasteiger partial charge in [0.2, 0.25) is 5.89 Å². The molecule has 0 bridgehead atoms. The number of β-amino-alcohol motifs (C(OH)–C–C–N with tert-alkyl or cyclic N) is 1. The van der Waals surface area contributed by atoms with Gasteiger partial charge in [0.05, 0.1) is 19.3 Å². The van der Waals surface area contributed by atoms with Gasteiger partial charge in [-0.1, -0.05) is 27.7 Å². The van der Waals surface area contributed by atoms with E-state index in [-0.39, 0.29) is 5.91 Å². The highest BCUT2D eigenvalue weighted by molar-refractivity contribution is 5.91. The lowest BCUT2D eigenvalue weighted by Crippen LogP contribution is -2.48. The zero-order valence-electron chi connectivity index (χ0n) is 18.4. The molecule has 8 nitrogen and oxygen atoms in total. The number of aliphatic hydroxyl groups excluding tert-OH is 1. The Kier molecular flexibility index (Phi) is 10.1. The number of oxazole rings is 1. The first kappa shape index (κ1) is 23.8. The number of piperazine rings is 1. The van der Waals surface area contributed by atoms with Crippen LogP contribution in [0.4, 0.5) is 0 Å². The molecule has 1 aliphatic rings. The number of carbonyl (C=O) groups is 1. The van der Waals surface area contributed by atoms with Gasteiger partial charge in [-0.3, -0.25) is 14.6 Å². The highest BCUT2D eigenvalue weighted by Crippen LogP contribution is 2.10. The number of aliphatic hydroxyl groups is 1. The zero-order chi connectivity index (χ0) is 21.2. The van der Waals surface area contributed by atoms with Crippen molar-refractivity contribution in [3.8, 4) is 0 Å². The van der Waals surface area contributed by atoms with Gasteiger partial charge in [0, 0.05) is 45.9 Å². The Morgan fingerprint density at radius 1 is 1.17 bits per heavy atom. The average molecular weight is 411 g/mol. The summed E-state index contributed by atoms with van der Waals surface area (Å²) in [4.78, 5) is 20.9. The van der Waals surface area contributed by atoms with Gasteiger partial charge >= 0.3 is 0 Å².